The molecule has 1 fully saturated rings. The molecule has 144 valence electrons. The fourth-order valence-corrected chi connectivity index (χ4v) is 3.63. The maximum absolute atomic E-state index is 12.9. The van der Waals surface area contributed by atoms with E-state index in [2.05, 4.69) is 15.7 Å². The smallest absolute Gasteiger partial charge is 0.271 e. The van der Waals surface area contributed by atoms with Gasteiger partial charge in [0.25, 0.3) is 11.8 Å². The summed E-state index contributed by atoms with van der Waals surface area (Å²) in [6.45, 7) is 3.95. The standard InChI is InChI=1S/C20H26N4O3/c1-12-9-15(25)10-16(12)22-20(27)18-11-17(19(26)21-3)23-24(18)13(2)14-7-5-4-6-8-14/h4-8,11-13,15-16,25H,9-10H2,1-3H3,(H,21,26)(H,22,27)/t12?,13?,15-,16?/m0/s1. The van der Waals surface area contributed by atoms with Crippen molar-refractivity contribution in [2.24, 2.45) is 5.92 Å². The number of rotatable bonds is 5. The average Bonchev–Trinajstić information content (AvgIpc) is 3.24. The Balaban J connectivity index is 1.91. The van der Waals surface area contributed by atoms with Gasteiger partial charge in [0.15, 0.2) is 5.69 Å². The van der Waals surface area contributed by atoms with Crippen molar-refractivity contribution in [1.29, 1.82) is 0 Å². The predicted octanol–water partition coefficient (Wildman–Crippen LogP) is 1.74. The maximum Gasteiger partial charge on any atom is 0.271 e. The molecule has 3 rings (SSSR count). The van der Waals surface area contributed by atoms with E-state index in [-0.39, 0.29) is 41.6 Å². The van der Waals surface area contributed by atoms with Gasteiger partial charge in [-0.3, -0.25) is 14.3 Å². The summed E-state index contributed by atoms with van der Waals surface area (Å²) in [5.41, 5.74) is 1.52. The minimum atomic E-state index is -0.389. The predicted molar refractivity (Wildman–Crippen MR) is 102 cm³/mol. The van der Waals surface area contributed by atoms with Gasteiger partial charge >= 0.3 is 0 Å². The van der Waals surface area contributed by atoms with Crippen LogP contribution in [0.15, 0.2) is 36.4 Å². The van der Waals surface area contributed by atoms with Crippen LogP contribution >= 0.6 is 0 Å². The molecule has 3 N–H and O–H groups in total. The third kappa shape index (κ3) is 4.03. The number of aliphatic hydroxyl groups is 1. The highest BCUT2D eigenvalue weighted by Crippen LogP contribution is 2.26. The number of hydrogen-bond acceptors (Lipinski definition) is 4. The second kappa shape index (κ2) is 7.92. The molecule has 0 saturated heterocycles. The van der Waals surface area contributed by atoms with Crippen LogP contribution in [0, 0.1) is 5.92 Å². The molecule has 1 aromatic heterocycles. The molecule has 27 heavy (non-hydrogen) atoms. The van der Waals surface area contributed by atoms with Gasteiger partial charge in [0.1, 0.15) is 5.69 Å². The van der Waals surface area contributed by atoms with Crippen LogP contribution in [-0.4, -0.2) is 45.9 Å². The van der Waals surface area contributed by atoms with Crippen LogP contribution < -0.4 is 10.6 Å². The first-order valence-electron chi connectivity index (χ1n) is 9.26. The largest absolute Gasteiger partial charge is 0.393 e. The van der Waals surface area contributed by atoms with E-state index in [1.54, 1.807) is 4.68 Å². The van der Waals surface area contributed by atoms with Crippen LogP contribution in [0.1, 0.15) is 59.3 Å². The molecule has 1 aliphatic rings. The molecular weight excluding hydrogens is 344 g/mol. The summed E-state index contributed by atoms with van der Waals surface area (Å²) < 4.78 is 1.59. The molecule has 3 unspecified atom stereocenters. The van der Waals surface area contributed by atoms with Crippen molar-refractivity contribution < 1.29 is 14.7 Å². The first kappa shape index (κ1) is 19.1. The summed E-state index contributed by atoms with van der Waals surface area (Å²) in [6, 6.07) is 10.9. The van der Waals surface area contributed by atoms with Crippen LogP contribution in [0.5, 0.6) is 0 Å². The van der Waals surface area contributed by atoms with Crippen LogP contribution in [0.25, 0.3) is 0 Å². The molecule has 7 heteroatoms. The first-order valence-corrected chi connectivity index (χ1v) is 9.26. The van der Waals surface area contributed by atoms with Crippen LogP contribution in [0.3, 0.4) is 0 Å². The van der Waals surface area contributed by atoms with Gasteiger partial charge in [-0.25, -0.2) is 0 Å². The number of hydrogen-bond donors (Lipinski definition) is 3. The van der Waals surface area contributed by atoms with Gasteiger partial charge in [0, 0.05) is 19.2 Å². The maximum atomic E-state index is 12.9. The molecule has 4 atom stereocenters. The zero-order valence-electron chi connectivity index (χ0n) is 15.8. The van der Waals surface area contributed by atoms with E-state index in [1.165, 1.54) is 13.1 Å². The Morgan fingerprint density at radius 3 is 2.52 bits per heavy atom. The third-order valence-corrected chi connectivity index (χ3v) is 5.25. The van der Waals surface area contributed by atoms with Crippen molar-refractivity contribution in [3.8, 4) is 0 Å². The van der Waals surface area contributed by atoms with Crippen molar-refractivity contribution in [3.63, 3.8) is 0 Å². The van der Waals surface area contributed by atoms with Crippen LogP contribution in [0.4, 0.5) is 0 Å². The topological polar surface area (TPSA) is 96.3 Å². The molecule has 1 heterocycles. The zero-order valence-corrected chi connectivity index (χ0v) is 15.8. The number of carbonyl (C=O) groups excluding carboxylic acids is 2. The number of aromatic nitrogens is 2. The lowest BCUT2D eigenvalue weighted by atomic mass is 10.1. The highest BCUT2D eigenvalue weighted by Gasteiger charge is 2.32. The van der Waals surface area contributed by atoms with Crippen molar-refractivity contribution in [3.05, 3.63) is 53.3 Å². The summed E-state index contributed by atoms with van der Waals surface area (Å²) in [7, 11) is 1.53. The molecule has 2 amide bonds. The number of aliphatic hydroxyl groups excluding tert-OH is 1. The fourth-order valence-electron chi connectivity index (χ4n) is 3.63. The molecule has 0 radical (unpaired) electrons. The Kier molecular flexibility index (Phi) is 5.60. The lowest BCUT2D eigenvalue weighted by molar-refractivity contribution is 0.0913. The third-order valence-electron chi connectivity index (χ3n) is 5.25. The second-order valence-corrected chi connectivity index (χ2v) is 7.21. The lowest BCUT2D eigenvalue weighted by Gasteiger charge is -2.19. The van der Waals surface area contributed by atoms with Gasteiger partial charge in [-0.15, -0.1) is 0 Å². The van der Waals surface area contributed by atoms with Crippen LogP contribution in [-0.2, 0) is 0 Å². The number of nitrogens with zero attached hydrogens (tertiary/aromatic N) is 2. The van der Waals surface area contributed by atoms with E-state index in [0.29, 0.717) is 18.5 Å². The minimum absolute atomic E-state index is 0.0914. The Bertz CT molecular complexity index is 818. The molecule has 0 aliphatic heterocycles. The summed E-state index contributed by atoms with van der Waals surface area (Å²) >= 11 is 0. The van der Waals surface area contributed by atoms with E-state index in [9.17, 15) is 14.7 Å². The second-order valence-electron chi connectivity index (χ2n) is 7.21. The first-order chi connectivity index (χ1) is 12.9. The van der Waals surface area contributed by atoms with E-state index in [1.807, 2.05) is 44.2 Å². The summed E-state index contributed by atoms with van der Waals surface area (Å²) in [4.78, 5) is 25.0. The lowest BCUT2D eigenvalue weighted by Crippen LogP contribution is -2.38. The molecule has 2 aromatic rings. The Hall–Kier alpha value is -2.67. The zero-order chi connectivity index (χ0) is 19.6. The van der Waals surface area contributed by atoms with Gasteiger partial charge < -0.3 is 15.7 Å². The SMILES string of the molecule is CNC(=O)c1cc(C(=O)NC2C[C@@H](O)CC2C)n(C(C)c2ccccc2)n1. The van der Waals surface area contributed by atoms with Gasteiger partial charge in [-0.1, -0.05) is 37.3 Å². The molecule has 0 spiro atoms. The summed E-state index contributed by atoms with van der Waals surface area (Å²) in [5.74, 6) is -0.426. The number of amides is 2. The van der Waals surface area contributed by atoms with E-state index >= 15 is 0 Å². The molecule has 7 nitrogen and oxygen atoms in total. The van der Waals surface area contributed by atoms with Gasteiger partial charge in [0.05, 0.1) is 12.1 Å². The highest BCUT2D eigenvalue weighted by molar-refractivity contribution is 5.98. The number of carbonyl (C=O) groups is 2. The average molecular weight is 370 g/mol. The monoisotopic (exact) mass is 370 g/mol. The molecule has 0 bridgehead atoms. The van der Waals surface area contributed by atoms with Crippen molar-refractivity contribution in [2.75, 3.05) is 7.05 Å². The van der Waals surface area contributed by atoms with Gasteiger partial charge in [-0.05, 0) is 31.2 Å². The summed E-state index contributed by atoms with van der Waals surface area (Å²) in [6.07, 6.45) is 0.825. The fraction of sp³-hybridized carbons (Fsp3) is 0.450. The van der Waals surface area contributed by atoms with Crippen molar-refractivity contribution in [1.82, 2.24) is 20.4 Å². The van der Waals surface area contributed by atoms with E-state index in [0.717, 1.165) is 5.56 Å². The molecule has 1 saturated carbocycles. The van der Waals surface area contributed by atoms with Gasteiger partial charge in [-0.2, -0.15) is 5.10 Å². The molecule has 1 aliphatic carbocycles. The van der Waals surface area contributed by atoms with Crippen molar-refractivity contribution in [2.45, 2.75) is 44.9 Å². The van der Waals surface area contributed by atoms with Crippen LogP contribution in [0.2, 0.25) is 0 Å². The van der Waals surface area contributed by atoms with Gasteiger partial charge in [0.2, 0.25) is 0 Å². The quantitative estimate of drug-likeness (QED) is 0.747. The Morgan fingerprint density at radius 1 is 1.22 bits per heavy atom. The summed E-state index contributed by atoms with van der Waals surface area (Å²) in [5, 5.41) is 19.8. The molecule has 1 aromatic carbocycles. The number of benzene rings is 1. The molecular formula is C20H26N4O3. The highest BCUT2D eigenvalue weighted by atomic mass is 16.3. The van der Waals surface area contributed by atoms with E-state index in [4.69, 9.17) is 0 Å². The van der Waals surface area contributed by atoms with E-state index < -0.39 is 0 Å². The Morgan fingerprint density at radius 2 is 1.93 bits per heavy atom. The van der Waals surface area contributed by atoms with Crippen molar-refractivity contribution >= 4 is 11.8 Å². The minimum Gasteiger partial charge on any atom is -0.393 e. The normalized spacial score (nSPS) is 23.0. The number of nitrogens with one attached hydrogen (secondary N) is 2. The Labute approximate surface area is 158 Å².